The first-order valence-electron chi connectivity index (χ1n) is 10.4. The van der Waals surface area contributed by atoms with Crippen molar-refractivity contribution in [1.82, 2.24) is 19.8 Å². The van der Waals surface area contributed by atoms with Gasteiger partial charge in [0.2, 0.25) is 11.9 Å². The molecule has 1 aromatic carbocycles. The van der Waals surface area contributed by atoms with Crippen LogP contribution < -0.4 is 10.5 Å². The first kappa shape index (κ1) is 19.6. The number of anilines is 1. The van der Waals surface area contributed by atoms with Crippen molar-refractivity contribution < 1.29 is 9.53 Å². The first-order valence-corrected chi connectivity index (χ1v) is 10.4. The molecule has 0 bridgehead atoms. The zero-order valence-electron chi connectivity index (χ0n) is 17.0. The topological polar surface area (TPSA) is 84.6 Å². The summed E-state index contributed by atoms with van der Waals surface area (Å²) in [5.41, 5.74) is 8.82. The molecular formula is C22H29N5O2. The van der Waals surface area contributed by atoms with Crippen LogP contribution in [0.5, 0.6) is 5.75 Å². The molecule has 0 radical (unpaired) electrons. The highest BCUT2D eigenvalue weighted by Gasteiger charge is 2.31. The molecule has 2 fully saturated rings. The minimum Gasteiger partial charge on any atom is -0.497 e. The summed E-state index contributed by atoms with van der Waals surface area (Å²) in [7, 11) is 1.66. The van der Waals surface area contributed by atoms with E-state index in [1.807, 2.05) is 29.2 Å². The summed E-state index contributed by atoms with van der Waals surface area (Å²) in [6, 6.07) is 7.96. The largest absolute Gasteiger partial charge is 0.497 e. The van der Waals surface area contributed by atoms with Crippen molar-refractivity contribution in [3.8, 4) is 16.9 Å². The summed E-state index contributed by atoms with van der Waals surface area (Å²) in [6.45, 7) is 3.09. The smallest absolute Gasteiger partial charge is 0.236 e. The number of aromatic nitrogens is 2. The number of benzene rings is 1. The second-order valence-electron chi connectivity index (χ2n) is 7.83. The van der Waals surface area contributed by atoms with Gasteiger partial charge >= 0.3 is 0 Å². The van der Waals surface area contributed by atoms with Crippen LogP contribution in [0.4, 0.5) is 5.95 Å². The van der Waals surface area contributed by atoms with Gasteiger partial charge in [-0.15, -0.1) is 0 Å². The second-order valence-corrected chi connectivity index (χ2v) is 7.83. The Bertz CT molecular complexity index is 866. The third-order valence-corrected chi connectivity index (χ3v) is 5.94. The van der Waals surface area contributed by atoms with E-state index < -0.39 is 0 Å². The maximum absolute atomic E-state index is 12.8. The fourth-order valence-corrected chi connectivity index (χ4v) is 4.41. The van der Waals surface area contributed by atoms with Crippen LogP contribution in [0.2, 0.25) is 0 Å². The number of hydrogen-bond donors (Lipinski definition) is 1. The molecule has 3 heterocycles. The van der Waals surface area contributed by atoms with E-state index in [1.165, 1.54) is 0 Å². The number of hydrogen-bond acceptors (Lipinski definition) is 6. The van der Waals surface area contributed by atoms with E-state index in [4.69, 9.17) is 10.5 Å². The molecule has 0 aliphatic carbocycles. The zero-order chi connectivity index (χ0) is 20.2. The number of nitrogens with two attached hydrogens (primary N) is 1. The highest BCUT2D eigenvalue weighted by Crippen LogP contribution is 2.36. The van der Waals surface area contributed by atoms with Crippen molar-refractivity contribution in [3.05, 3.63) is 36.2 Å². The average Bonchev–Trinajstić information content (AvgIpc) is 3.29. The Kier molecular flexibility index (Phi) is 5.94. The van der Waals surface area contributed by atoms with Crippen LogP contribution in [0.1, 0.15) is 43.8 Å². The molecule has 2 N–H and O–H groups in total. The van der Waals surface area contributed by atoms with E-state index in [0.717, 1.165) is 74.3 Å². The van der Waals surface area contributed by atoms with Crippen molar-refractivity contribution >= 4 is 11.9 Å². The number of methoxy groups -OCH3 is 1. The first-order chi connectivity index (χ1) is 14.2. The van der Waals surface area contributed by atoms with Crippen molar-refractivity contribution in [2.24, 2.45) is 0 Å². The SMILES string of the molecule is COc1cccc(-c2cnc(N)nc2[C@@H]2CCCCN2CC(=O)N2CCCC2)c1. The van der Waals surface area contributed by atoms with Gasteiger partial charge in [-0.1, -0.05) is 18.6 Å². The van der Waals surface area contributed by atoms with E-state index in [2.05, 4.69) is 14.9 Å². The summed E-state index contributed by atoms with van der Waals surface area (Å²) in [4.78, 5) is 26.0. The Morgan fingerprint density at radius 3 is 2.79 bits per heavy atom. The standard InChI is InChI=1S/C22H29N5O2/c1-29-17-8-6-7-16(13-17)18-14-24-22(23)25-21(18)19-9-2-3-12-27(19)15-20(28)26-10-4-5-11-26/h6-8,13-14,19H,2-5,9-12,15H2,1H3,(H2,23,24,25)/t19-/m0/s1. The number of nitrogen functional groups attached to an aromatic ring is 1. The van der Waals surface area contributed by atoms with E-state index in [1.54, 1.807) is 13.3 Å². The Labute approximate surface area is 171 Å². The highest BCUT2D eigenvalue weighted by molar-refractivity contribution is 5.78. The Morgan fingerprint density at radius 2 is 2.00 bits per heavy atom. The normalized spacial score (nSPS) is 20.0. The molecule has 7 heteroatoms. The van der Waals surface area contributed by atoms with Crippen LogP contribution in [0.25, 0.3) is 11.1 Å². The summed E-state index contributed by atoms with van der Waals surface area (Å²) in [5.74, 6) is 1.28. The predicted octanol–water partition coefficient (Wildman–Crippen LogP) is 2.88. The van der Waals surface area contributed by atoms with Crippen molar-refractivity contribution in [2.75, 3.05) is 39.0 Å². The monoisotopic (exact) mass is 395 g/mol. The number of nitrogens with zero attached hydrogens (tertiary/aromatic N) is 4. The van der Waals surface area contributed by atoms with Crippen LogP contribution >= 0.6 is 0 Å². The zero-order valence-corrected chi connectivity index (χ0v) is 17.0. The average molecular weight is 396 g/mol. The highest BCUT2D eigenvalue weighted by atomic mass is 16.5. The maximum Gasteiger partial charge on any atom is 0.236 e. The van der Waals surface area contributed by atoms with Gasteiger partial charge in [0.05, 0.1) is 25.4 Å². The molecule has 1 amide bonds. The Hall–Kier alpha value is -2.67. The lowest BCUT2D eigenvalue weighted by Crippen LogP contribution is -2.43. The van der Waals surface area contributed by atoms with E-state index in [9.17, 15) is 4.79 Å². The van der Waals surface area contributed by atoms with Crippen molar-refractivity contribution in [3.63, 3.8) is 0 Å². The summed E-state index contributed by atoms with van der Waals surface area (Å²) in [6.07, 6.45) is 7.18. The van der Waals surface area contributed by atoms with E-state index in [0.29, 0.717) is 6.54 Å². The molecule has 2 aromatic rings. The second kappa shape index (κ2) is 8.78. The molecule has 1 atom stereocenters. The van der Waals surface area contributed by atoms with Gasteiger partial charge < -0.3 is 15.4 Å². The van der Waals surface area contributed by atoms with Crippen LogP contribution in [-0.4, -0.2) is 59.0 Å². The number of rotatable bonds is 5. The third-order valence-electron chi connectivity index (χ3n) is 5.94. The van der Waals surface area contributed by atoms with E-state index in [-0.39, 0.29) is 17.9 Å². The summed E-state index contributed by atoms with van der Waals surface area (Å²) >= 11 is 0. The maximum atomic E-state index is 12.8. The lowest BCUT2D eigenvalue weighted by atomic mass is 9.93. The number of amides is 1. The molecule has 2 aliphatic rings. The van der Waals surface area contributed by atoms with Crippen molar-refractivity contribution in [1.29, 1.82) is 0 Å². The molecule has 2 saturated heterocycles. The fraction of sp³-hybridized carbons (Fsp3) is 0.500. The molecule has 7 nitrogen and oxygen atoms in total. The van der Waals surface area contributed by atoms with Gasteiger partial charge in [-0.3, -0.25) is 9.69 Å². The van der Waals surface area contributed by atoms with E-state index >= 15 is 0 Å². The fourth-order valence-electron chi connectivity index (χ4n) is 4.41. The van der Waals surface area contributed by atoms with Gasteiger partial charge in [0, 0.05) is 24.8 Å². The van der Waals surface area contributed by atoms with Crippen LogP contribution in [0.3, 0.4) is 0 Å². The molecule has 4 rings (SSSR count). The van der Waals surface area contributed by atoms with Crippen LogP contribution in [0, 0.1) is 0 Å². The number of piperidine rings is 1. The van der Waals surface area contributed by atoms with Gasteiger partial charge in [0.25, 0.3) is 0 Å². The molecule has 29 heavy (non-hydrogen) atoms. The van der Waals surface area contributed by atoms with Crippen LogP contribution in [-0.2, 0) is 4.79 Å². The van der Waals surface area contributed by atoms with Gasteiger partial charge in [-0.05, 0) is 49.9 Å². The lowest BCUT2D eigenvalue weighted by Gasteiger charge is -2.36. The summed E-state index contributed by atoms with van der Waals surface area (Å²) in [5, 5.41) is 0. The molecule has 2 aliphatic heterocycles. The number of carbonyl (C=O) groups excluding carboxylic acids is 1. The Balaban J connectivity index is 1.65. The molecule has 154 valence electrons. The predicted molar refractivity (Wildman–Crippen MR) is 112 cm³/mol. The molecule has 0 saturated carbocycles. The van der Waals surface area contributed by atoms with Gasteiger partial charge in [0.1, 0.15) is 5.75 Å². The third kappa shape index (κ3) is 4.34. The Morgan fingerprint density at radius 1 is 1.21 bits per heavy atom. The van der Waals surface area contributed by atoms with Gasteiger partial charge in [-0.2, -0.15) is 0 Å². The quantitative estimate of drug-likeness (QED) is 0.838. The number of likely N-dealkylation sites (tertiary alicyclic amines) is 2. The summed E-state index contributed by atoms with van der Waals surface area (Å²) < 4.78 is 5.39. The van der Waals surface area contributed by atoms with Gasteiger partial charge in [0.15, 0.2) is 0 Å². The van der Waals surface area contributed by atoms with Crippen molar-refractivity contribution in [2.45, 2.75) is 38.1 Å². The minimum atomic E-state index is 0.0572. The molecule has 1 aromatic heterocycles. The lowest BCUT2D eigenvalue weighted by molar-refractivity contribution is -0.132. The minimum absolute atomic E-state index is 0.0572. The van der Waals surface area contributed by atoms with Crippen LogP contribution in [0.15, 0.2) is 30.5 Å². The number of carbonyl (C=O) groups is 1. The van der Waals surface area contributed by atoms with Gasteiger partial charge in [-0.25, -0.2) is 9.97 Å². The molecule has 0 spiro atoms. The number of ether oxygens (including phenoxy) is 1. The molecule has 0 unspecified atom stereocenters. The molecular weight excluding hydrogens is 366 g/mol.